The van der Waals surface area contributed by atoms with Gasteiger partial charge in [0.25, 0.3) is 0 Å². The van der Waals surface area contributed by atoms with Crippen LogP contribution in [-0.4, -0.2) is 142 Å². The van der Waals surface area contributed by atoms with Crippen molar-refractivity contribution >= 4 is 12.2 Å². The molecule has 0 aliphatic heterocycles. The monoisotopic (exact) mass is 889 g/mol. The number of rotatable bonds is 31. The van der Waals surface area contributed by atoms with Crippen LogP contribution in [-0.2, 0) is 54.6 Å². The molecule has 0 heterocycles. The van der Waals surface area contributed by atoms with Crippen molar-refractivity contribution in [3.8, 4) is 23.0 Å². The smallest absolute Gasteiger partial charge is 0.410 e. The maximum Gasteiger partial charge on any atom is 0.410 e. The number of methoxy groups -OCH3 is 4. The quantitative estimate of drug-likeness (QED) is 0.0463. The second-order valence-corrected chi connectivity index (χ2v) is 15.0. The summed E-state index contributed by atoms with van der Waals surface area (Å²) in [5, 5.41) is 0. The zero-order valence-electron chi connectivity index (χ0n) is 38.4. The van der Waals surface area contributed by atoms with Gasteiger partial charge in [-0.1, -0.05) is 48.5 Å². The number of ether oxygens (including phenoxy) is 10. The van der Waals surface area contributed by atoms with E-state index in [4.69, 9.17) is 47.4 Å². The van der Waals surface area contributed by atoms with E-state index in [-0.39, 0.29) is 32.5 Å². The zero-order chi connectivity index (χ0) is 45.8. The van der Waals surface area contributed by atoms with Crippen LogP contribution in [0.15, 0.2) is 97.1 Å². The number of carbonyl (C=O) groups excluding carboxylic acids is 2. The van der Waals surface area contributed by atoms with Gasteiger partial charge in [0.2, 0.25) is 0 Å². The fraction of sp³-hybridized carbons (Fsp3) is 0.469. The highest BCUT2D eigenvalue weighted by Gasteiger charge is 2.19. The molecule has 15 nitrogen and oxygen atoms in total. The van der Waals surface area contributed by atoms with E-state index in [2.05, 4.69) is 4.90 Å². The third-order valence-corrected chi connectivity index (χ3v) is 10.2. The first-order valence-corrected chi connectivity index (χ1v) is 21.5. The van der Waals surface area contributed by atoms with Crippen molar-refractivity contribution in [2.75, 3.05) is 109 Å². The van der Waals surface area contributed by atoms with E-state index in [1.165, 1.54) is 0 Å². The Bertz CT molecular complexity index is 1630. The Balaban J connectivity index is 1.04. The summed E-state index contributed by atoms with van der Waals surface area (Å²) in [5.74, 6) is 3.00. The van der Waals surface area contributed by atoms with E-state index in [1.807, 2.05) is 111 Å². The molecule has 64 heavy (non-hydrogen) atoms. The molecule has 2 amide bonds. The highest BCUT2D eigenvalue weighted by atomic mass is 16.6. The van der Waals surface area contributed by atoms with Gasteiger partial charge in [0, 0.05) is 45.4 Å². The van der Waals surface area contributed by atoms with Gasteiger partial charge in [-0.3, -0.25) is 9.80 Å². The minimum Gasteiger partial charge on any atom is -0.497 e. The third kappa shape index (κ3) is 19.4. The van der Waals surface area contributed by atoms with Crippen molar-refractivity contribution < 1.29 is 57.0 Å². The topological polar surface area (TPSA) is 136 Å². The van der Waals surface area contributed by atoms with Gasteiger partial charge in [0.1, 0.15) is 36.2 Å². The number of benzene rings is 4. The first-order chi connectivity index (χ1) is 31.2. The van der Waals surface area contributed by atoms with Crippen LogP contribution in [0.5, 0.6) is 23.0 Å². The van der Waals surface area contributed by atoms with Gasteiger partial charge in [-0.15, -0.1) is 0 Å². The van der Waals surface area contributed by atoms with Crippen molar-refractivity contribution in [1.29, 1.82) is 0 Å². The molecule has 0 aromatic heterocycles. The molecule has 0 unspecified atom stereocenters. The van der Waals surface area contributed by atoms with Crippen molar-refractivity contribution in [2.24, 2.45) is 0 Å². The summed E-state index contributed by atoms with van der Waals surface area (Å²) in [4.78, 5) is 31.8. The van der Waals surface area contributed by atoms with Gasteiger partial charge in [0.15, 0.2) is 0 Å². The molecule has 0 N–H and O–H groups in total. The van der Waals surface area contributed by atoms with Crippen LogP contribution >= 0.6 is 0 Å². The number of carbonyl (C=O) groups is 2. The van der Waals surface area contributed by atoms with Crippen molar-refractivity contribution in [3.05, 3.63) is 119 Å². The summed E-state index contributed by atoms with van der Waals surface area (Å²) in [6.07, 6.45) is 0.814. The summed E-state index contributed by atoms with van der Waals surface area (Å²) in [5.41, 5.74) is 3.81. The molecule has 0 fully saturated rings. The predicted molar refractivity (Wildman–Crippen MR) is 243 cm³/mol. The average molecular weight is 890 g/mol. The van der Waals surface area contributed by atoms with Gasteiger partial charge in [-0.05, 0) is 97.7 Å². The van der Waals surface area contributed by atoms with Gasteiger partial charge in [-0.25, -0.2) is 9.59 Å². The van der Waals surface area contributed by atoms with E-state index >= 15 is 0 Å². The van der Waals surface area contributed by atoms with Crippen molar-refractivity contribution in [3.63, 3.8) is 0 Å². The molecule has 0 bridgehead atoms. The van der Waals surface area contributed by atoms with Crippen LogP contribution in [0, 0.1) is 0 Å². The molecule has 0 spiro atoms. The van der Waals surface area contributed by atoms with Crippen LogP contribution < -0.4 is 18.9 Å². The summed E-state index contributed by atoms with van der Waals surface area (Å²) in [6.45, 7) is 5.06. The lowest BCUT2D eigenvalue weighted by Gasteiger charge is -2.24. The minimum atomic E-state index is -0.428. The second-order valence-electron chi connectivity index (χ2n) is 15.0. The van der Waals surface area contributed by atoms with E-state index in [0.29, 0.717) is 65.8 Å². The Hall–Kier alpha value is -5.58. The Labute approximate surface area is 378 Å². The third-order valence-electron chi connectivity index (χ3n) is 10.2. The van der Waals surface area contributed by atoms with Gasteiger partial charge >= 0.3 is 12.2 Å². The van der Waals surface area contributed by atoms with Gasteiger partial charge < -0.3 is 52.3 Å². The Morgan fingerprint density at radius 3 is 0.891 bits per heavy atom. The Morgan fingerprint density at radius 1 is 0.391 bits per heavy atom. The molecule has 350 valence electrons. The van der Waals surface area contributed by atoms with Crippen molar-refractivity contribution in [2.45, 2.75) is 45.1 Å². The van der Waals surface area contributed by atoms with Crippen LogP contribution in [0.25, 0.3) is 0 Å². The normalized spacial score (nSPS) is 11.1. The lowest BCUT2D eigenvalue weighted by atomic mass is 10.1. The molecule has 4 aromatic rings. The maximum absolute atomic E-state index is 13.1. The highest BCUT2D eigenvalue weighted by molar-refractivity contribution is 5.68. The van der Waals surface area contributed by atoms with E-state index in [1.54, 1.807) is 38.2 Å². The lowest BCUT2D eigenvalue weighted by molar-refractivity contribution is 0.0106. The first kappa shape index (κ1) is 51.1. The first-order valence-electron chi connectivity index (χ1n) is 21.5. The van der Waals surface area contributed by atoms with Crippen LogP contribution in [0.3, 0.4) is 0 Å². The molecule has 0 atom stereocenters. The highest BCUT2D eigenvalue weighted by Crippen LogP contribution is 2.20. The van der Waals surface area contributed by atoms with E-state index < -0.39 is 12.2 Å². The summed E-state index contributed by atoms with van der Waals surface area (Å²) >= 11 is 0. The van der Waals surface area contributed by atoms with Crippen LogP contribution in [0.2, 0.25) is 0 Å². The fourth-order valence-electron chi connectivity index (χ4n) is 6.48. The molecular weight excluding hydrogens is 823 g/mol. The SMILES string of the molecule is COc1ccc(CN(Cc2ccc(OC)cc2)C(=O)OCCOCCOCCC(CCOCCOCCOC(=O)N(Cc2ccc(OC)cc2)Cc2ccc(OC)cc2)N(C)C)cc1. The van der Waals surface area contributed by atoms with Crippen LogP contribution in [0.4, 0.5) is 9.59 Å². The second kappa shape index (κ2) is 29.7. The number of hydrogen-bond acceptors (Lipinski definition) is 13. The number of amides is 2. The lowest BCUT2D eigenvalue weighted by Crippen LogP contribution is -2.31. The van der Waals surface area contributed by atoms with Gasteiger partial charge in [0.05, 0.1) is 68.1 Å². The standard InChI is InChI=1S/C49H67N3O12/c1-50(2)43(23-25-59-27-29-61-31-33-63-48(53)51(35-39-7-15-44(55-3)16-8-39)36-40-9-17-45(56-4)18-10-40)24-26-60-28-30-62-32-34-64-49(54)52(37-41-11-19-46(57-5)20-12-41)38-42-13-21-47(58-6)22-14-42/h7-22,43H,23-38H2,1-6H3. The Morgan fingerprint density at radius 2 is 0.641 bits per heavy atom. The Kier molecular flexibility index (Phi) is 23.7. The molecule has 0 aliphatic carbocycles. The maximum atomic E-state index is 13.1. The molecule has 0 aliphatic rings. The summed E-state index contributed by atoms with van der Waals surface area (Å²) in [6, 6.07) is 30.7. The summed E-state index contributed by atoms with van der Waals surface area (Å²) < 4.78 is 55.3. The van der Waals surface area contributed by atoms with Gasteiger partial charge in [-0.2, -0.15) is 0 Å². The van der Waals surface area contributed by atoms with E-state index in [9.17, 15) is 9.59 Å². The molecule has 4 rings (SSSR count). The fourth-order valence-corrected chi connectivity index (χ4v) is 6.48. The predicted octanol–water partition coefficient (Wildman–Crippen LogP) is 7.48. The summed E-state index contributed by atoms with van der Waals surface area (Å²) in [7, 11) is 10.6. The van der Waals surface area contributed by atoms with E-state index in [0.717, 1.165) is 58.1 Å². The average Bonchev–Trinajstić information content (AvgIpc) is 3.32. The van der Waals surface area contributed by atoms with Crippen molar-refractivity contribution in [1.82, 2.24) is 14.7 Å². The molecule has 0 radical (unpaired) electrons. The number of hydrogen-bond donors (Lipinski definition) is 0. The molecule has 0 saturated heterocycles. The molecule has 4 aromatic carbocycles. The minimum absolute atomic E-state index is 0.124. The zero-order valence-corrected chi connectivity index (χ0v) is 38.4. The largest absolute Gasteiger partial charge is 0.497 e. The van der Waals surface area contributed by atoms with Crippen LogP contribution in [0.1, 0.15) is 35.1 Å². The molecular formula is C49H67N3O12. The number of nitrogens with zero attached hydrogens (tertiary/aromatic N) is 3. The molecule has 15 heteroatoms. The molecule has 0 saturated carbocycles.